The fraction of sp³-hybridized carbons (Fsp3) is 0.800. The van der Waals surface area contributed by atoms with Crippen LogP contribution in [0.2, 0.25) is 0 Å². The average Bonchev–Trinajstić information content (AvgIpc) is 3.47. The highest BCUT2D eigenvalue weighted by atomic mass is 32.2. The zero-order valence-corrected chi connectivity index (χ0v) is 24.3. The summed E-state index contributed by atoms with van der Waals surface area (Å²) in [7, 11) is 2.91. The van der Waals surface area contributed by atoms with Gasteiger partial charge in [-0.2, -0.15) is 11.8 Å². The van der Waals surface area contributed by atoms with Gasteiger partial charge in [-0.3, -0.25) is 14.4 Å². The Morgan fingerprint density at radius 1 is 1.02 bits per heavy atom. The molecule has 2 fully saturated rings. The topological polar surface area (TPSA) is 171 Å². The van der Waals surface area contributed by atoms with Crippen LogP contribution in [0.3, 0.4) is 0 Å². The lowest BCUT2D eigenvalue weighted by Crippen LogP contribution is -2.45. The summed E-state index contributed by atoms with van der Waals surface area (Å²) in [5, 5.41) is 8.55. The number of carbonyl (C=O) groups is 5. The van der Waals surface area contributed by atoms with E-state index >= 15 is 0 Å². The van der Waals surface area contributed by atoms with Crippen molar-refractivity contribution in [2.45, 2.75) is 62.6 Å². The van der Waals surface area contributed by atoms with Gasteiger partial charge < -0.3 is 44.5 Å². The highest BCUT2D eigenvalue weighted by Gasteiger charge is 2.42. The molecule has 3 N–H and O–H groups in total. The number of hydrogen-bond donors (Lipinski definition) is 3. The molecule has 0 aromatic rings. The van der Waals surface area contributed by atoms with Crippen LogP contribution in [0.25, 0.3) is 0 Å². The highest BCUT2D eigenvalue weighted by molar-refractivity contribution is 8.00. The molecule has 0 saturated carbocycles. The summed E-state index contributed by atoms with van der Waals surface area (Å²) >= 11 is 1.89. The van der Waals surface area contributed by atoms with E-state index in [-0.39, 0.29) is 43.8 Å². The molecular formula is C25H42N4O10S. The van der Waals surface area contributed by atoms with Crippen LogP contribution in [0.5, 0.6) is 0 Å². The average molecular weight is 591 g/mol. The van der Waals surface area contributed by atoms with E-state index in [0.29, 0.717) is 38.0 Å². The molecule has 0 aliphatic carbocycles. The van der Waals surface area contributed by atoms with Crippen molar-refractivity contribution in [1.29, 1.82) is 0 Å². The lowest BCUT2D eigenvalue weighted by atomic mass is 10.0. The summed E-state index contributed by atoms with van der Waals surface area (Å²) in [6.45, 7) is 2.99. The first kappa shape index (κ1) is 33.6. The summed E-state index contributed by atoms with van der Waals surface area (Å²) in [4.78, 5) is 59.8. The van der Waals surface area contributed by atoms with Gasteiger partial charge in [0.25, 0.3) is 6.23 Å². The Bertz CT molecular complexity index is 848. The first-order valence-corrected chi connectivity index (χ1v) is 14.5. The second-order valence-electron chi connectivity index (χ2n) is 9.39. The van der Waals surface area contributed by atoms with Crippen LogP contribution in [0.15, 0.2) is 0 Å². The molecule has 4 unspecified atom stereocenters. The Balaban J connectivity index is 1.38. The molecule has 2 rings (SSSR count). The Kier molecular flexibility index (Phi) is 15.7. The summed E-state index contributed by atoms with van der Waals surface area (Å²) in [6, 6.07) is 0.364. The molecule has 40 heavy (non-hydrogen) atoms. The predicted octanol–water partition coefficient (Wildman–Crippen LogP) is -0.211. The van der Waals surface area contributed by atoms with Crippen molar-refractivity contribution >= 4 is 41.5 Å². The molecular weight excluding hydrogens is 548 g/mol. The summed E-state index contributed by atoms with van der Waals surface area (Å²) in [5.74, 6) is -1.24. The largest absolute Gasteiger partial charge is 0.465 e. The molecule has 15 heteroatoms. The van der Waals surface area contributed by atoms with Crippen LogP contribution in [-0.4, -0.2) is 124 Å². The van der Waals surface area contributed by atoms with Crippen molar-refractivity contribution in [1.82, 2.24) is 20.9 Å². The van der Waals surface area contributed by atoms with E-state index in [1.54, 1.807) is 11.9 Å². The minimum atomic E-state index is -1.53. The highest BCUT2D eigenvalue weighted by Crippen LogP contribution is 2.33. The lowest BCUT2D eigenvalue weighted by molar-refractivity contribution is -0.168. The number of amides is 4. The minimum Gasteiger partial charge on any atom is -0.465 e. The monoisotopic (exact) mass is 590 g/mol. The van der Waals surface area contributed by atoms with Crippen molar-refractivity contribution in [2.24, 2.45) is 0 Å². The van der Waals surface area contributed by atoms with Gasteiger partial charge in [-0.15, -0.1) is 0 Å². The van der Waals surface area contributed by atoms with Crippen LogP contribution in [0.4, 0.5) is 4.79 Å². The molecule has 2 heterocycles. The number of fused-ring (bicyclic) bond motifs is 1. The zero-order chi connectivity index (χ0) is 29.3. The fourth-order valence-electron chi connectivity index (χ4n) is 4.19. The molecule has 0 aromatic heterocycles. The third-order valence-corrected chi connectivity index (χ3v) is 7.75. The molecule has 228 valence electrons. The van der Waals surface area contributed by atoms with E-state index in [9.17, 15) is 24.0 Å². The molecule has 2 aliphatic rings. The standard InChI is InChI=1S/C25H42N4O10S/c1-17(30)39-23(24(33)35-3)27-20(31)15-38-14-13-37-12-11-36-10-6-9-29(2)21(32)8-5-4-7-19-22-18(16-40-19)26-25(34)28-22/h18-19,22-23H,4-16H2,1-3H3,(H,27,31)(H2,26,28,34). The summed E-state index contributed by atoms with van der Waals surface area (Å²) in [6.07, 6.45) is 2.50. The molecule has 2 aliphatic heterocycles. The Morgan fingerprint density at radius 2 is 1.73 bits per heavy atom. The molecule has 14 nitrogen and oxygen atoms in total. The van der Waals surface area contributed by atoms with Crippen molar-refractivity contribution in [2.75, 3.05) is 66.1 Å². The number of hydrogen-bond acceptors (Lipinski definition) is 11. The summed E-state index contributed by atoms with van der Waals surface area (Å²) in [5.41, 5.74) is 0. The normalized spacial score (nSPS) is 20.2. The van der Waals surface area contributed by atoms with Gasteiger partial charge in [0.1, 0.15) is 6.61 Å². The number of nitrogens with zero attached hydrogens (tertiary/aromatic N) is 1. The molecule has 0 spiro atoms. The van der Waals surface area contributed by atoms with Gasteiger partial charge in [0.2, 0.25) is 11.8 Å². The van der Waals surface area contributed by atoms with Gasteiger partial charge in [0, 0.05) is 44.5 Å². The van der Waals surface area contributed by atoms with Gasteiger partial charge >= 0.3 is 18.0 Å². The van der Waals surface area contributed by atoms with Crippen LogP contribution >= 0.6 is 11.8 Å². The quantitative estimate of drug-likeness (QED) is 0.0742. The third kappa shape index (κ3) is 12.7. The van der Waals surface area contributed by atoms with E-state index in [1.807, 2.05) is 11.8 Å². The minimum absolute atomic E-state index is 0.0737. The van der Waals surface area contributed by atoms with E-state index in [4.69, 9.17) is 14.2 Å². The molecule has 0 radical (unpaired) electrons. The van der Waals surface area contributed by atoms with Crippen molar-refractivity contribution in [3.63, 3.8) is 0 Å². The smallest absolute Gasteiger partial charge is 0.368 e. The molecule has 4 amide bonds. The Hall–Kier alpha value is -2.62. The number of esters is 2. The SMILES string of the molecule is COC(=O)C(NC(=O)COCCOCCOCCCN(C)C(=O)CCCCC1SCC2NC(=O)NC21)OC(C)=O. The van der Waals surface area contributed by atoms with Gasteiger partial charge in [-0.05, 0) is 19.3 Å². The van der Waals surface area contributed by atoms with Crippen molar-refractivity contribution in [3.8, 4) is 0 Å². The maximum absolute atomic E-state index is 12.4. The van der Waals surface area contributed by atoms with Crippen LogP contribution in [0.1, 0.15) is 39.0 Å². The second kappa shape index (κ2) is 18.7. The molecule has 4 atom stereocenters. The third-order valence-electron chi connectivity index (χ3n) is 6.24. The molecule has 0 aromatic carbocycles. The second-order valence-corrected chi connectivity index (χ2v) is 10.7. The number of unbranched alkanes of at least 4 members (excludes halogenated alkanes) is 1. The fourth-order valence-corrected chi connectivity index (χ4v) is 5.73. The number of ether oxygens (including phenoxy) is 5. The number of thioether (sulfide) groups is 1. The Labute approximate surface area is 238 Å². The van der Waals surface area contributed by atoms with Gasteiger partial charge in [-0.25, -0.2) is 9.59 Å². The van der Waals surface area contributed by atoms with E-state index in [2.05, 4.69) is 25.4 Å². The van der Waals surface area contributed by atoms with Crippen molar-refractivity contribution in [3.05, 3.63) is 0 Å². The summed E-state index contributed by atoms with van der Waals surface area (Å²) < 4.78 is 25.2. The Morgan fingerprint density at radius 3 is 2.42 bits per heavy atom. The van der Waals surface area contributed by atoms with Crippen molar-refractivity contribution < 1.29 is 47.7 Å². The number of rotatable bonds is 20. The van der Waals surface area contributed by atoms with E-state index < -0.39 is 24.1 Å². The van der Waals surface area contributed by atoms with Gasteiger partial charge in [0.05, 0.1) is 45.6 Å². The number of nitrogens with one attached hydrogen (secondary N) is 3. The first-order chi connectivity index (χ1) is 19.2. The van der Waals surface area contributed by atoms with E-state index in [0.717, 1.165) is 45.5 Å². The number of urea groups is 1. The number of carbonyl (C=O) groups excluding carboxylic acids is 5. The van der Waals surface area contributed by atoms with Gasteiger partial charge in [0.15, 0.2) is 0 Å². The molecule has 2 saturated heterocycles. The maximum Gasteiger partial charge on any atom is 0.368 e. The number of methoxy groups -OCH3 is 1. The molecule has 0 bridgehead atoms. The van der Waals surface area contributed by atoms with E-state index in [1.165, 1.54) is 0 Å². The maximum atomic E-state index is 12.4. The zero-order valence-electron chi connectivity index (χ0n) is 23.4. The predicted molar refractivity (Wildman–Crippen MR) is 144 cm³/mol. The lowest BCUT2D eigenvalue weighted by Gasteiger charge is -2.18. The van der Waals surface area contributed by atoms with Crippen LogP contribution in [0, 0.1) is 0 Å². The first-order valence-electron chi connectivity index (χ1n) is 13.4. The van der Waals surface area contributed by atoms with Crippen LogP contribution in [-0.2, 0) is 42.9 Å². The van der Waals surface area contributed by atoms with Gasteiger partial charge in [-0.1, -0.05) is 6.42 Å². The van der Waals surface area contributed by atoms with Crippen LogP contribution < -0.4 is 16.0 Å².